The summed E-state index contributed by atoms with van der Waals surface area (Å²) in [4.78, 5) is 0.596. The van der Waals surface area contributed by atoms with Crippen LogP contribution in [0.1, 0.15) is 12.5 Å². The SMILES string of the molecule is CSc1ccc(C2=NN=C(N)N/C2=C\C(C)=N)c(OC(F)(F)F)c1. The van der Waals surface area contributed by atoms with E-state index in [1.54, 1.807) is 12.3 Å². The molecule has 0 radical (unpaired) electrons. The Labute approximate surface area is 140 Å². The van der Waals surface area contributed by atoms with Crippen molar-refractivity contribution in [3.8, 4) is 5.75 Å². The molecule has 2 rings (SSSR count). The van der Waals surface area contributed by atoms with Gasteiger partial charge in [0.1, 0.15) is 11.5 Å². The lowest BCUT2D eigenvalue weighted by Gasteiger charge is -2.19. The van der Waals surface area contributed by atoms with Crippen LogP contribution in [0.25, 0.3) is 0 Å². The Morgan fingerprint density at radius 1 is 1.38 bits per heavy atom. The predicted octanol–water partition coefficient (Wildman–Crippen LogP) is 2.85. The molecule has 1 aromatic carbocycles. The van der Waals surface area contributed by atoms with E-state index < -0.39 is 12.1 Å². The summed E-state index contributed by atoms with van der Waals surface area (Å²) in [5.74, 6) is -0.427. The Hall–Kier alpha value is -2.49. The Morgan fingerprint density at radius 3 is 2.67 bits per heavy atom. The minimum absolute atomic E-state index is 0.0229. The number of nitrogens with two attached hydrogens (primary N) is 1. The molecule has 0 amide bonds. The van der Waals surface area contributed by atoms with Gasteiger partial charge in [-0.1, -0.05) is 0 Å². The van der Waals surface area contributed by atoms with Gasteiger partial charge in [-0.3, -0.25) is 0 Å². The molecular formula is C14H14F3N5OS. The molecule has 0 spiro atoms. The van der Waals surface area contributed by atoms with Crippen molar-refractivity contribution >= 4 is 29.1 Å². The van der Waals surface area contributed by atoms with Gasteiger partial charge in [-0.25, -0.2) is 0 Å². The maximum absolute atomic E-state index is 12.7. The van der Waals surface area contributed by atoms with E-state index in [9.17, 15) is 13.2 Å². The summed E-state index contributed by atoms with van der Waals surface area (Å²) >= 11 is 1.28. The minimum Gasteiger partial charge on any atom is -0.405 e. The molecule has 0 atom stereocenters. The number of allylic oxidation sites excluding steroid dienone is 2. The number of guanidine groups is 1. The summed E-state index contributed by atoms with van der Waals surface area (Å²) in [6, 6.07) is 4.37. The third-order valence-electron chi connectivity index (χ3n) is 2.81. The highest BCUT2D eigenvalue weighted by Crippen LogP contribution is 2.32. The van der Waals surface area contributed by atoms with Crippen LogP contribution in [-0.4, -0.2) is 30.0 Å². The van der Waals surface area contributed by atoms with E-state index in [2.05, 4.69) is 20.3 Å². The second kappa shape index (κ2) is 6.95. The number of hydrogen-bond donors (Lipinski definition) is 3. The summed E-state index contributed by atoms with van der Waals surface area (Å²) < 4.78 is 42.3. The van der Waals surface area contributed by atoms with Crippen molar-refractivity contribution in [2.75, 3.05) is 6.26 Å². The Kier molecular flexibility index (Phi) is 5.17. The van der Waals surface area contributed by atoms with Gasteiger partial charge < -0.3 is 21.2 Å². The van der Waals surface area contributed by atoms with Crippen molar-refractivity contribution in [1.29, 1.82) is 5.41 Å². The normalized spacial score (nSPS) is 16.3. The van der Waals surface area contributed by atoms with E-state index in [-0.39, 0.29) is 28.6 Å². The molecule has 1 aromatic rings. The first-order valence-electron chi connectivity index (χ1n) is 6.59. The highest BCUT2D eigenvalue weighted by molar-refractivity contribution is 7.98. The molecule has 0 unspecified atom stereocenters. The predicted molar refractivity (Wildman–Crippen MR) is 87.7 cm³/mol. The average molecular weight is 357 g/mol. The maximum atomic E-state index is 12.7. The molecule has 0 saturated heterocycles. The largest absolute Gasteiger partial charge is 0.573 e. The van der Waals surface area contributed by atoms with E-state index >= 15 is 0 Å². The lowest BCUT2D eigenvalue weighted by atomic mass is 10.0. The Balaban J connectivity index is 2.58. The van der Waals surface area contributed by atoms with Crippen molar-refractivity contribution in [3.05, 3.63) is 35.5 Å². The van der Waals surface area contributed by atoms with Crippen LogP contribution in [0.15, 0.2) is 45.1 Å². The van der Waals surface area contributed by atoms with Crippen LogP contribution in [0, 0.1) is 5.41 Å². The van der Waals surface area contributed by atoms with Crippen molar-refractivity contribution in [2.24, 2.45) is 15.9 Å². The number of ether oxygens (including phenoxy) is 1. The van der Waals surface area contributed by atoms with Gasteiger partial charge in [0, 0.05) is 16.2 Å². The first kappa shape index (κ1) is 17.9. The Morgan fingerprint density at radius 2 is 2.08 bits per heavy atom. The molecule has 24 heavy (non-hydrogen) atoms. The summed E-state index contributed by atoms with van der Waals surface area (Å²) in [6.07, 6.45) is -1.72. The van der Waals surface area contributed by atoms with Crippen molar-refractivity contribution in [3.63, 3.8) is 0 Å². The molecule has 6 nitrogen and oxygen atoms in total. The number of alkyl halides is 3. The van der Waals surface area contributed by atoms with Gasteiger partial charge >= 0.3 is 6.36 Å². The number of nitrogens with one attached hydrogen (secondary N) is 2. The van der Waals surface area contributed by atoms with Gasteiger partial charge in [-0.15, -0.1) is 35.1 Å². The monoisotopic (exact) mass is 357 g/mol. The fourth-order valence-corrected chi connectivity index (χ4v) is 2.36. The maximum Gasteiger partial charge on any atom is 0.573 e. The van der Waals surface area contributed by atoms with Gasteiger partial charge in [0.15, 0.2) is 0 Å². The van der Waals surface area contributed by atoms with Crippen molar-refractivity contribution in [2.45, 2.75) is 18.2 Å². The molecular weight excluding hydrogens is 343 g/mol. The fourth-order valence-electron chi connectivity index (χ4n) is 1.93. The van der Waals surface area contributed by atoms with Crippen LogP contribution in [-0.2, 0) is 0 Å². The van der Waals surface area contributed by atoms with Crippen LogP contribution >= 0.6 is 11.8 Å². The minimum atomic E-state index is -4.85. The third kappa shape index (κ3) is 4.51. The average Bonchev–Trinajstić information content (AvgIpc) is 2.45. The second-order valence-electron chi connectivity index (χ2n) is 4.71. The zero-order valence-corrected chi connectivity index (χ0v) is 13.5. The lowest BCUT2D eigenvalue weighted by molar-refractivity contribution is -0.274. The van der Waals surface area contributed by atoms with Gasteiger partial charge in [-0.05, 0) is 37.5 Å². The second-order valence-corrected chi connectivity index (χ2v) is 5.59. The number of rotatable bonds is 4. The summed E-state index contributed by atoms with van der Waals surface area (Å²) in [5, 5.41) is 17.7. The summed E-state index contributed by atoms with van der Waals surface area (Å²) in [7, 11) is 0. The number of halogens is 3. The van der Waals surface area contributed by atoms with Gasteiger partial charge in [0.25, 0.3) is 0 Å². The van der Waals surface area contributed by atoms with Gasteiger partial charge in [-0.2, -0.15) is 0 Å². The molecule has 1 aliphatic heterocycles. The van der Waals surface area contributed by atoms with Crippen LogP contribution in [0.5, 0.6) is 5.75 Å². The number of nitrogens with zero attached hydrogens (tertiary/aromatic N) is 2. The van der Waals surface area contributed by atoms with E-state index in [1.807, 2.05) is 0 Å². The number of hydrogen-bond acceptors (Lipinski definition) is 7. The zero-order chi connectivity index (χ0) is 17.9. The Bertz CT molecular complexity index is 755. The van der Waals surface area contributed by atoms with Crippen molar-refractivity contribution in [1.82, 2.24) is 5.32 Å². The van der Waals surface area contributed by atoms with E-state index in [1.165, 1.54) is 36.9 Å². The van der Waals surface area contributed by atoms with Gasteiger partial charge in [0.2, 0.25) is 5.96 Å². The molecule has 0 fully saturated rings. The van der Waals surface area contributed by atoms with Crippen LogP contribution in [0.3, 0.4) is 0 Å². The molecule has 1 heterocycles. The summed E-state index contributed by atoms with van der Waals surface area (Å²) in [5.41, 5.74) is 6.15. The zero-order valence-electron chi connectivity index (χ0n) is 12.7. The molecule has 0 aromatic heterocycles. The smallest absolute Gasteiger partial charge is 0.405 e. The number of benzene rings is 1. The standard InChI is InChI=1S/C14H14F3N5OS/c1-7(18)5-10-12(21-22-13(19)20-10)9-4-3-8(24-2)6-11(9)23-14(15,16)17/h3-6,18H,1-2H3,(H3,19,20,22)/b10-5-,18-7?. The molecule has 0 aliphatic carbocycles. The van der Waals surface area contributed by atoms with E-state index in [4.69, 9.17) is 11.1 Å². The molecule has 0 saturated carbocycles. The highest BCUT2D eigenvalue weighted by atomic mass is 32.2. The first-order chi connectivity index (χ1) is 11.2. The molecule has 10 heteroatoms. The topological polar surface area (TPSA) is 95.9 Å². The third-order valence-corrected chi connectivity index (χ3v) is 3.53. The number of thioether (sulfide) groups is 1. The molecule has 0 bridgehead atoms. The molecule has 1 aliphatic rings. The highest BCUT2D eigenvalue weighted by Gasteiger charge is 2.33. The first-order valence-corrected chi connectivity index (χ1v) is 7.81. The van der Waals surface area contributed by atoms with E-state index in [0.29, 0.717) is 4.90 Å². The molecule has 128 valence electrons. The van der Waals surface area contributed by atoms with E-state index in [0.717, 1.165) is 0 Å². The molecule has 4 N–H and O–H groups in total. The lowest BCUT2D eigenvalue weighted by Crippen LogP contribution is -2.37. The summed E-state index contributed by atoms with van der Waals surface area (Å²) in [6.45, 7) is 1.51. The van der Waals surface area contributed by atoms with Crippen LogP contribution in [0.4, 0.5) is 13.2 Å². The van der Waals surface area contributed by atoms with Crippen molar-refractivity contribution < 1.29 is 17.9 Å². The van der Waals surface area contributed by atoms with Gasteiger partial charge in [0.05, 0.1) is 5.70 Å². The van der Waals surface area contributed by atoms with Crippen LogP contribution < -0.4 is 15.8 Å². The quantitative estimate of drug-likeness (QED) is 0.570. The van der Waals surface area contributed by atoms with Crippen LogP contribution in [0.2, 0.25) is 0 Å². The fraction of sp³-hybridized carbons (Fsp3) is 0.214.